The zero-order chi connectivity index (χ0) is 39.0. The molecule has 0 aliphatic rings. The zero-order valence-corrected chi connectivity index (χ0v) is 36.1. The third-order valence-corrected chi connectivity index (χ3v) is 13.8. The largest absolute Gasteiger partial charge is 0.493 e. The fourth-order valence-electron chi connectivity index (χ4n) is 5.99. The molecule has 0 atom stereocenters. The van der Waals surface area contributed by atoms with Gasteiger partial charge < -0.3 is 28.4 Å². The van der Waals surface area contributed by atoms with Gasteiger partial charge in [0.2, 0.25) is 0 Å². The highest BCUT2D eigenvalue weighted by Gasteiger charge is 2.16. The van der Waals surface area contributed by atoms with Crippen molar-refractivity contribution >= 4 is 57.5 Å². The van der Waals surface area contributed by atoms with Gasteiger partial charge in [-0.25, -0.2) is 0 Å². The third kappa shape index (κ3) is 12.0. The number of ether oxygens (including phenoxy) is 6. The fraction of sp³-hybridized carbons (Fsp3) is 0.348. The maximum Gasteiger partial charge on any atom is 0.133 e. The molecule has 0 amide bonds. The van der Waals surface area contributed by atoms with Crippen molar-refractivity contribution in [2.75, 3.05) is 66.1 Å². The van der Waals surface area contributed by atoms with E-state index in [4.69, 9.17) is 28.4 Å². The van der Waals surface area contributed by atoms with Gasteiger partial charge >= 0.3 is 0 Å². The summed E-state index contributed by atoms with van der Waals surface area (Å²) >= 11 is 7.26. The van der Waals surface area contributed by atoms with Crippen LogP contribution in [0.15, 0.2) is 84.9 Å². The van der Waals surface area contributed by atoms with Crippen LogP contribution < -0.4 is 9.47 Å². The molecule has 0 saturated carbocycles. The predicted octanol–water partition coefficient (Wildman–Crippen LogP) is 12.8. The summed E-state index contributed by atoms with van der Waals surface area (Å²) in [6.45, 7) is 14.6. The van der Waals surface area contributed by atoms with Crippen LogP contribution in [0.4, 0.5) is 0 Å². The molecule has 296 valence electrons. The van der Waals surface area contributed by atoms with Crippen LogP contribution in [0.1, 0.15) is 48.6 Å². The molecule has 10 heteroatoms. The van der Waals surface area contributed by atoms with Gasteiger partial charge in [0.1, 0.15) is 11.5 Å². The van der Waals surface area contributed by atoms with Gasteiger partial charge in [-0.05, 0) is 86.3 Å². The summed E-state index contributed by atoms with van der Waals surface area (Å²) in [5.41, 5.74) is 4.75. The minimum Gasteiger partial charge on any atom is -0.493 e. The number of hydrogen-bond acceptors (Lipinski definition) is 10. The average molecular weight is 829 g/mol. The molecular formula is C46H52O6S4. The Bertz CT molecular complexity index is 2070. The molecule has 56 heavy (non-hydrogen) atoms. The van der Waals surface area contributed by atoms with E-state index in [-0.39, 0.29) is 0 Å². The van der Waals surface area contributed by atoms with Crippen molar-refractivity contribution in [3.63, 3.8) is 0 Å². The maximum atomic E-state index is 6.00. The van der Waals surface area contributed by atoms with E-state index in [1.54, 1.807) is 22.7 Å². The smallest absolute Gasteiger partial charge is 0.133 e. The lowest BCUT2D eigenvalue weighted by atomic mass is 10.1. The Hall–Kier alpha value is -3.58. The Morgan fingerprint density at radius 3 is 1.30 bits per heavy atom. The molecule has 0 radical (unpaired) electrons. The van der Waals surface area contributed by atoms with Crippen molar-refractivity contribution in [1.82, 2.24) is 0 Å². The molecule has 0 N–H and O–H groups in total. The first-order valence-corrected chi connectivity index (χ1v) is 22.8. The molecule has 6 nitrogen and oxygen atoms in total. The van der Waals surface area contributed by atoms with Crippen LogP contribution in [0.2, 0.25) is 0 Å². The van der Waals surface area contributed by atoms with Gasteiger partial charge in [-0.2, -0.15) is 0 Å². The third-order valence-electron chi connectivity index (χ3n) is 8.80. The summed E-state index contributed by atoms with van der Waals surface area (Å²) in [6, 6.07) is 30.9. The number of benzene rings is 2. The van der Waals surface area contributed by atoms with E-state index in [1.807, 2.05) is 50.4 Å². The van der Waals surface area contributed by atoms with Crippen LogP contribution in [0, 0.1) is 0 Å². The van der Waals surface area contributed by atoms with Gasteiger partial charge in [0.05, 0.1) is 52.9 Å². The van der Waals surface area contributed by atoms with Crippen molar-refractivity contribution in [3.05, 3.63) is 106 Å². The van der Waals surface area contributed by atoms with Crippen LogP contribution in [-0.2, 0) is 31.8 Å². The standard InChI is InChI=1S/C46H52O6S4/c1-5-47-27-29-49-25-23-40-37(51-7-3)31-45(54-40)36-17-13-34(14-18-36)10-9-33-11-15-35(16-12-33)39-19-20-42(53-39)43-21-22-44(56-43)46-32-38(52-8-4)41(55-46)24-26-50-30-28-48-6-2/h9-22,31-32H,5-8,23-30H2,1-4H3. The topological polar surface area (TPSA) is 55.4 Å². The Kier molecular flexibility index (Phi) is 16.8. The minimum atomic E-state index is 0.616. The summed E-state index contributed by atoms with van der Waals surface area (Å²) < 4.78 is 34.3. The zero-order valence-electron chi connectivity index (χ0n) is 32.8. The van der Waals surface area contributed by atoms with Crippen LogP contribution in [0.3, 0.4) is 0 Å². The molecule has 0 fully saturated rings. The molecule has 4 aromatic heterocycles. The highest BCUT2D eigenvalue weighted by Crippen LogP contribution is 2.44. The Morgan fingerprint density at radius 1 is 0.393 bits per heavy atom. The Labute approximate surface area is 348 Å². The first kappa shape index (κ1) is 42.0. The normalized spacial score (nSPS) is 11.6. The van der Waals surface area contributed by atoms with E-state index < -0.39 is 0 Å². The van der Waals surface area contributed by atoms with E-state index in [0.717, 1.165) is 29.9 Å². The molecular weight excluding hydrogens is 777 g/mol. The van der Waals surface area contributed by atoms with Gasteiger partial charge in [0.25, 0.3) is 0 Å². The van der Waals surface area contributed by atoms with E-state index in [2.05, 4.69) is 97.1 Å². The fourth-order valence-corrected chi connectivity index (χ4v) is 10.3. The van der Waals surface area contributed by atoms with Crippen molar-refractivity contribution in [2.24, 2.45) is 0 Å². The molecule has 6 aromatic rings. The molecule has 4 heterocycles. The highest BCUT2D eigenvalue weighted by molar-refractivity contribution is 7.27. The second-order valence-corrected chi connectivity index (χ2v) is 17.1. The van der Waals surface area contributed by atoms with Gasteiger partial charge in [0.15, 0.2) is 0 Å². The first-order chi connectivity index (χ1) is 27.6. The van der Waals surface area contributed by atoms with Gasteiger partial charge in [-0.3, -0.25) is 0 Å². The molecule has 0 spiro atoms. The maximum absolute atomic E-state index is 6.00. The molecule has 0 aliphatic heterocycles. The molecule has 0 bridgehead atoms. The SMILES string of the molecule is CCOCCOCCc1sc(-c2ccc(C=Cc3ccc(-c4ccc(-c5ccc(-c6cc(OCC)c(CCOCCOCC)s6)s5)s4)cc3)cc2)cc1OCC. The van der Waals surface area contributed by atoms with Crippen LogP contribution in [0.5, 0.6) is 11.5 Å². The van der Waals surface area contributed by atoms with Crippen molar-refractivity contribution < 1.29 is 28.4 Å². The molecule has 0 aliphatic carbocycles. The summed E-state index contributed by atoms with van der Waals surface area (Å²) in [7, 11) is 0. The summed E-state index contributed by atoms with van der Waals surface area (Å²) in [5, 5.41) is 0. The monoisotopic (exact) mass is 828 g/mol. The lowest BCUT2D eigenvalue weighted by Crippen LogP contribution is -2.06. The average Bonchev–Trinajstić information content (AvgIpc) is 4.05. The molecule has 2 aromatic carbocycles. The summed E-state index contributed by atoms with van der Waals surface area (Å²) in [6.07, 6.45) is 6.01. The number of hydrogen-bond donors (Lipinski definition) is 0. The first-order valence-electron chi connectivity index (χ1n) is 19.5. The lowest BCUT2D eigenvalue weighted by Gasteiger charge is -2.06. The lowest BCUT2D eigenvalue weighted by molar-refractivity contribution is 0.0541. The van der Waals surface area contributed by atoms with E-state index in [9.17, 15) is 0 Å². The second-order valence-electron chi connectivity index (χ2n) is 12.7. The highest BCUT2D eigenvalue weighted by atomic mass is 32.1. The summed E-state index contributed by atoms with van der Waals surface area (Å²) in [4.78, 5) is 9.99. The van der Waals surface area contributed by atoms with Gasteiger partial charge in [0, 0.05) is 65.1 Å². The van der Waals surface area contributed by atoms with Crippen molar-refractivity contribution in [2.45, 2.75) is 40.5 Å². The molecule has 0 saturated heterocycles. The van der Waals surface area contributed by atoms with Crippen molar-refractivity contribution in [1.29, 1.82) is 0 Å². The van der Waals surface area contributed by atoms with Crippen molar-refractivity contribution in [3.8, 4) is 51.9 Å². The Morgan fingerprint density at radius 2 is 0.804 bits per heavy atom. The molecule has 6 rings (SSSR count). The number of rotatable bonds is 24. The molecule has 0 unspecified atom stereocenters. The van der Waals surface area contributed by atoms with Crippen LogP contribution in [-0.4, -0.2) is 66.1 Å². The second kappa shape index (κ2) is 22.4. The Balaban J connectivity index is 1.04. The van der Waals surface area contributed by atoms with Crippen LogP contribution >= 0.6 is 45.3 Å². The minimum absolute atomic E-state index is 0.616. The van der Waals surface area contributed by atoms with Crippen LogP contribution in [0.25, 0.3) is 52.5 Å². The summed E-state index contributed by atoms with van der Waals surface area (Å²) in [5.74, 6) is 1.93. The van der Waals surface area contributed by atoms with E-state index >= 15 is 0 Å². The quantitative estimate of drug-likeness (QED) is 0.0447. The van der Waals surface area contributed by atoms with Gasteiger partial charge in [-0.15, -0.1) is 45.3 Å². The van der Waals surface area contributed by atoms with Gasteiger partial charge in [-0.1, -0.05) is 60.7 Å². The predicted molar refractivity (Wildman–Crippen MR) is 239 cm³/mol. The van der Waals surface area contributed by atoms with E-state index in [0.29, 0.717) is 66.1 Å². The number of thiophene rings is 4. The van der Waals surface area contributed by atoms with E-state index in [1.165, 1.54) is 55.7 Å².